The van der Waals surface area contributed by atoms with Crippen LogP contribution in [-0.2, 0) is 0 Å². The van der Waals surface area contributed by atoms with Gasteiger partial charge in [-0.2, -0.15) is 0 Å². The van der Waals surface area contributed by atoms with Crippen molar-refractivity contribution in [1.29, 1.82) is 0 Å². The lowest BCUT2D eigenvalue weighted by molar-refractivity contribution is 0.401. The highest BCUT2D eigenvalue weighted by Crippen LogP contribution is 2.48. The summed E-state index contributed by atoms with van der Waals surface area (Å²) in [5.74, 6) is 2.37. The molecule has 0 atom stereocenters. The summed E-state index contributed by atoms with van der Waals surface area (Å²) < 4.78 is 12.0. The molecule has 2 fully saturated rings. The van der Waals surface area contributed by atoms with E-state index in [1.807, 2.05) is 12.4 Å². The second kappa shape index (κ2) is 10.8. The molecule has 0 unspecified atom stereocenters. The number of nitrogens with zero attached hydrogens (tertiary/aromatic N) is 2. The molecular formula is C30H38N4O2. The van der Waals surface area contributed by atoms with Gasteiger partial charge in [-0.1, -0.05) is 37.8 Å². The van der Waals surface area contributed by atoms with Gasteiger partial charge in [0.25, 0.3) is 0 Å². The molecule has 2 aliphatic rings. The van der Waals surface area contributed by atoms with E-state index in [1.54, 1.807) is 14.2 Å². The van der Waals surface area contributed by atoms with E-state index in [-0.39, 0.29) is 0 Å². The highest BCUT2D eigenvalue weighted by atomic mass is 16.5. The molecule has 2 saturated carbocycles. The number of hydrogen-bond acceptors (Lipinski definition) is 6. The van der Waals surface area contributed by atoms with Crippen LogP contribution in [-0.4, -0.2) is 36.3 Å². The highest BCUT2D eigenvalue weighted by molar-refractivity contribution is 5.88. The van der Waals surface area contributed by atoms with Crippen LogP contribution in [0, 0.1) is 13.8 Å². The fourth-order valence-electron chi connectivity index (χ4n) is 5.97. The molecule has 0 bridgehead atoms. The van der Waals surface area contributed by atoms with Gasteiger partial charge in [-0.05, 0) is 57.2 Å². The van der Waals surface area contributed by atoms with Crippen LogP contribution >= 0.6 is 0 Å². The summed E-state index contributed by atoms with van der Waals surface area (Å²) in [5, 5.41) is 7.15. The van der Waals surface area contributed by atoms with Crippen LogP contribution in [0.2, 0.25) is 0 Å². The number of rotatable bonds is 8. The van der Waals surface area contributed by atoms with Gasteiger partial charge >= 0.3 is 0 Å². The SMILES string of the molecule is COc1c(C)c(-c2cnc(NC3CCCC3)nc2)c(OC)c(C)c1-c1ccc(NC2CCCC2)cc1. The molecule has 0 saturated heterocycles. The standard InChI is InChI=1S/C30H38N4O2/c1-19-26(21-13-15-25(16-14-21)33-23-9-5-6-10-23)28(35-3)20(2)27(29(19)36-4)22-17-31-30(32-18-22)34-24-11-7-8-12-24/h13-18,23-24,33H,5-12H2,1-4H3,(H,31,32,34). The Bertz CT molecular complexity index is 1080. The third-order valence-electron chi connectivity index (χ3n) is 7.82. The van der Waals surface area contributed by atoms with Crippen LogP contribution in [0.25, 0.3) is 22.3 Å². The zero-order valence-corrected chi connectivity index (χ0v) is 22.0. The van der Waals surface area contributed by atoms with Gasteiger partial charge in [0.2, 0.25) is 5.95 Å². The minimum atomic E-state index is 0.480. The second-order valence-corrected chi connectivity index (χ2v) is 10.2. The Balaban J connectivity index is 1.48. The van der Waals surface area contributed by atoms with Crippen molar-refractivity contribution >= 4 is 11.6 Å². The van der Waals surface area contributed by atoms with E-state index in [4.69, 9.17) is 9.47 Å². The molecule has 0 aliphatic heterocycles. The first-order chi connectivity index (χ1) is 17.6. The van der Waals surface area contributed by atoms with Gasteiger partial charge in [0.05, 0.1) is 14.2 Å². The van der Waals surface area contributed by atoms with Crippen LogP contribution in [0.4, 0.5) is 11.6 Å². The van der Waals surface area contributed by atoms with Crippen molar-refractivity contribution in [3.05, 3.63) is 47.8 Å². The smallest absolute Gasteiger partial charge is 0.222 e. The molecule has 0 amide bonds. The van der Waals surface area contributed by atoms with Crippen molar-refractivity contribution in [3.63, 3.8) is 0 Å². The number of nitrogens with one attached hydrogen (secondary N) is 2. The lowest BCUT2D eigenvalue weighted by atomic mass is 9.90. The Labute approximate surface area is 214 Å². The van der Waals surface area contributed by atoms with E-state index in [9.17, 15) is 0 Å². The maximum Gasteiger partial charge on any atom is 0.222 e. The molecule has 2 N–H and O–H groups in total. The Morgan fingerprint density at radius 1 is 0.667 bits per heavy atom. The molecule has 0 spiro atoms. The predicted octanol–water partition coefficient (Wildman–Crippen LogP) is 7.15. The van der Waals surface area contributed by atoms with Gasteiger partial charge in [-0.3, -0.25) is 0 Å². The molecule has 0 radical (unpaired) electrons. The van der Waals surface area contributed by atoms with E-state index in [2.05, 4.69) is 58.7 Å². The number of methoxy groups -OCH3 is 2. The number of aromatic nitrogens is 2. The van der Waals surface area contributed by atoms with Gasteiger partial charge in [-0.15, -0.1) is 0 Å². The van der Waals surface area contributed by atoms with E-state index in [0.29, 0.717) is 18.0 Å². The molecule has 36 heavy (non-hydrogen) atoms. The van der Waals surface area contributed by atoms with Crippen molar-refractivity contribution in [2.45, 2.75) is 77.3 Å². The van der Waals surface area contributed by atoms with Crippen LogP contribution in [0.15, 0.2) is 36.7 Å². The average Bonchev–Trinajstić information content (AvgIpc) is 3.60. The van der Waals surface area contributed by atoms with E-state index < -0.39 is 0 Å². The fourth-order valence-corrected chi connectivity index (χ4v) is 5.97. The van der Waals surface area contributed by atoms with Crippen molar-refractivity contribution < 1.29 is 9.47 Å². The topological polar surface area (TPSA) is 68.3 Å². The Morgan fingerprint density at radius 2 is 1.14 bits per heavy atom. The third kappa shape index (κ3) is 4.86. The third-order valence-corrected chi connectivity index (χ3v) is 7.82. The maximum absolute atomic E-state index is 6.00. The molecule has 3 aromatic rings. The van der Waals surface area contributed by atoms with Crippen molar-refractivity contribution in [2.24, 2.45) is 0 Å². The first-order valence-electron chi connectivity index (χ1n) is 13.3. The second-order valence-electron chi connectivity index (χ2n) is 10.2. The van der Waals surface area contributed by atoms with Crippen LogP contribution in [0.1, 0.15) is 62.5 Å². The highest BCUT2D eigenvalue weighted by Gasteiger charge is 2.24. The lowest BCUT2D eigenvalue weighted by Gasteiger charge is -2.23. The van der Waals surface area contributed by atoms with Crippen LogP contribution < -0.4 is 20.1 Å². The van der Waals surface area contributed by atoms with Crippen molar-refractivity contribution in [1.82, 2.24) is 9.97 Å². The molecule has 2 aliphatic carbocycles. The molecule has 1 aromatic heterocycles. The summed E-state index contributed by atoms with van der Waals surface area (Å²) >= 11 is 0. The van der Waals surface area contributed by atoms with E-state index >= 15 is 0 Å². The number of benzene rings is 2. The van der Waals surface area contributed by atoms with E-state index in [1.165, 1.54) is 57.1 Å². The molecule has 6 nitrogen and oxygen atoms in total. The number of ether oxygens (including phenoxy) is 2. The molecule has 190 valence electrons. The van der Waals surface area contributed by atoms with Gasteiger partial charge in [-0.25, -0.2) is 9.97 Å². The van der Waals surface area contributed by atoms with Gasteiger partial charge in [0.15, 0.2) is 0 Å². The first kappa shape index (κ1) is 24.4. The predicted molar refractivity (Wildman–Crippen MR) is 147 cm³/mol. The normalized spacial score (nSPS) is 16.3. The Kier molecular flexibility index (Phi) is 7.30. The van der Waals surface area contributed by atoms with Gasteiger partial charge in [0, 0.05) is 58.0 Å². The zero-order valence-electron chi connectivity index (χ0n) is 22.0. The average molecular weight is 487 g/mol. The minimum Gasteiger partial charge on any atom is -0.496 e. The summed E-state index contributed by atoms with van der Waals surface area (Å²) in [6.45, 7) is 4.18. The summed E-state index contributed by atoms with van der Waals surface area (Å²) in [6.07, 6.45) is 13.9. The lowest BCUT2D eigenvalue weighted by Crippen LogP contribution is -2.16. The zero-order chi connectivity index (χ0) is 25.1. The summed E-state index contributed by atoms with van der Waals surface area (Å²) in [7, 11) is 3.47. The molecule has 5 rings (SSSR count). The van der Waals surface area contributed by atoms with Crippen molar-refractivity contribution in [3.8, 4) is 33.8 Å². The quantitative estimate of drug-likeness (QED) is 0.352. The van der Waals surface area contributed by atoms with Crippen LogP contribution in [0.5, 0.6) is 11.5 Å². The first-order valence-corrected chi connectivity index (χ1v) is 13.3. The molecule has 6 heteroatoms. The molecular weight excluding hydrogens is 448 g/mol. The summed E-state index contributed by atoms with van der Waals surface area (Å²) in [5.41, 5.74) is 7.30. The largest absolute Gasteiger partial charge is 0.496 e. The van der Waals surface area contributed by atoms with E-state index in [0.717, 1.165) is 44.9 Å². The van der Waals surface area contributed by atoms with Gasteiger partial charge < -0.3 is 20.1 Å². The minimum absolute atomic E-state index is 0.480. The number of hydrogen-bond donors (Lipinski definition) is 2. The molecule has 1 heterocycles. The van der Waals surface area contributed by atoms with Crippen molar-refractivity contribution in [2.75, 3.05) is 24.9 Å². The fraction of sp³-hybridized carbons (Fsp3) is 0.467. The maximum atomic E-state index is 6.00. The Morgan fingerprint density at radius 3 is 1.64 bits per heavy atom. The summed E-state index contributed by atoms with van der Waals surface area (Å²) in [4.78, 5) is 9.25. The molecule has 2 aromatic carbocycles. The van der Waals surface area contributed by atoms with Gasteiger partial charge in [0.1, 0.15) is 11.5 Å². The summed E-state index contributed by atoms with van der Waals surface area (Å²) in [6, 6.07) is 9.77. The van der Waals surface area contributed by atoms with Crippen LogP contribution in [0.3, 0.4) is 0 Å². The Hall–Kier alpha value is -3.28. The number of anilines is 2. The monoisotopic (exact) mass is 486 g/mol.